The molecule has 2 amide bonds. The van der Waals surface area contributed by atoms with E-state index in [0.29, 0.717) is 17.2 Å². The number of anilines is 1. The molecule has 1 atom stereocenters. The van der Waals surface area contributed by atoms with E-state index in [2.05, 4.69) is 24.5 Å². The van der Waals surface area contributed by atoms with Crippen LogP contribution in [0.2, 0.25) is 0 Å². The molecule has 0 bridgehead atoms. The summed E-state index contributed by atoms with van der Waals surface area (Å²) >= 11 is 3.14. The van der Waals surface area contributed by atoms with Gasteiger partial charge >= 0.3 is 0 Å². The molecule has 0 fully saturated rings. The highest BCUT2D eigenvalue weighted by atomic mass is 32.2. The zero-order valence-electron chi connectivity index (χ0n) is 13.0. The second-order valence-corrected chi connectivity index (χ2v) is 7.75. The molecule has 0 saturated heterocycles. The summed E-state index contributed by atoms with van der Waals surface area (Å²) in [5, 5.41) is 7.94. The molecule has 1 aliphatic rings. The Morgan fingerprint density at radius 3 is 2.83 bits per heavy atom. The van der Waals surface area contributed by atoms with Crippen LogP contribution in [0.25, 0.3) is 0 Å². The molecule has 1 aliphatic heterocycles. The lowest BCUT2D eigenvalue weighted by Gasteiger charge is -2.22. The predicted molar refractivity (Wildman–Crippen MR) is 95.2 cm³/mol. The minimum absolute atomic E-state index is 0.0116. The Kier molecular flexibility index (Phi) is 4.73. The Hall–Kier alpha value is -1.79. The average molecular weight is 346 g/mol. The molecule has 6 heteroatoms. The van der Waals surface area contributed by atoms with Crippen LogP contribution in [0.5, 0.6) is 0 Å². The number of amides is 2. The van der Waals surface area contributed by atoms with Gasteiger partial charge in [-0.05, 0) is 35.6 Å². The van der Waals surface area contributed by atoms with Crippen LogP contribution < -0.4 is 10.6 Å². The molecular formula is C17H18N2O2S2. The molecule has 1 aromatic heterocycles. The minimum Gasteiger partial charge on any atom is -0.344 e. The summed E-state index contributed by atoms with van der Waals surface area (Å²) in [6, 6.07) is 9.48. The van der Waals surface area contributed by atoms with Crippen molar-refractivity contribution in [2.45, 2.75) is 24.8 Å². The molecule has 120 valence electrons. The van der Waals surface area contributed by atoms with Gasteiger partial charge in [0.25, 0.3) is 5.91 Å². The maximum absolute atomic E-state index is 12.6. The van der Waals surface area contributed by atoms with E-state index in [-0.39, 0.29) is 17.9 Å². The maximum atomic E-state index is 12.6. The van der Waals surface area contributed by atoms with Crippen LogP contribution in [-0.2, 0) is 4.79 Å². The second-order valence-electron chi connectivity index (χ2n) is 5.76. The van der Waals surface area contributed by atoms with Crippen LogP contribution in [0.1, 0.15) is 35.1 Å². The highest BCUT2D eigenvalue weighted by Crippen LogP contribution is 2.32. The number of hydrogen-bond acceptors (Lipinski definition) is 4. The molecule has 4 nitrogen and oxygen atoms in total. The molecule has 0 aliphatic carbocycles. The van der Waals surface area contributed by atoms with E-state index in [0.717, 1.165) is 15.5 Å². The standard InChI is InChI=1S/C17H18N2O2S2/c1-10(2)16(14-4-3-7-22-14)19-17(21)11-5-6-13-12(8-11)18-15(20)9-23-13/h3-8,10,16H,9H2,1-2H3,(H,18,20)(H,19,21)/t16-/m0/s1. The van der Waals surface area contributed by atoms with Crippen molar-refractivity contribution in [2.24, 2.45) is 5.92 Å². The minimum atomic E-state index is -0.121. The van der Waals surface area contributed by atoms with Gasteiger partial charge in [-0.25, -0.2) is 0 Å². The number of thiophene rings is 1. The summed E-state index contributed by atoms with van der Waals surface area (Å²) in [6.45, 7) is 4.18. The fourth-order valence-corrected chi connectivity index (χ4v) is 4.22. The third-order valence-electron chi connectivity index (χ3n) is 3.68. The van der Waals surface area contributed by atoms with Crippen LogP contribution in [0.3, 0.4) is 0 Å². The van der Waals surface area contributed by atoms with Crippen molar-refractivity contribution >= 4 is 40.6 Å². The molecule has 23 heavy (non-hydrogen) atoms. The molecule has 2 N–H and O–H groups in total. The Labute approximate surface area is 143 Å². The molecule has 0 radical (unpaired) electrons. The van der Waals surface area contributed by atoms with Crippen LogP contribution in [0.15, 0.2) is 40.6 Å². The normalized spacial score (nSPS) is 15.0. The van der Waals surface area contributed by atoms with E-state index >= 15 is 0 Å². The van der Waals surface area contributed by atoms with Gasteiger partial charge in [0.1, 0.15) is 0 Å². The molecule has 0 spiro atoms. The van der Waals surface area contributed by atoms with Crippen molar-refractivity contribution < 1.29 is 9.59 Å². The lowest BCUT2D eigenvalue weighted by Crippen LogP contribution is -2.31. The first-order valence-electron chi connectivity index (χ1n) is 7.45. The quantitative estimate of drug-likeness (QED) is 0.882. The largest absolute Gasteiger partial charge is 0.344 e. The zero-order chi connectivity index (χ0) is 16.4. The lowest BCUT2D eigenvalue weighted by molar-refractivity contribution is -0.113. The first kappa shape index (κ1) is 16.1. The van der Waals surface area contributed by atoms with Crippen molar-refractivity contribution in [2.75, 3.05) is 11.1 Å². The van der Waals surface area contributed by atoms with Gasteiger partial charge in [0.2, 0.25) is 5.91 Å². The fourth-order valence-electron chi connectivity index (χ4n) is 2.48. The topological polar surface area (TPSA) is 58.2 Å². The van der Waals surface area contributed by atoms with Crippen molar-refractivity contribution in [3.8, 4) is 0 Å². The molecule has 0 unspecified atom stereocenters. The Bertz CT molecular complexity index is 726. The van der Waals surface area contributed by atoms with E-state index in [1.807, 2.05) is 29.6 Å². The second kappa shape index (κ2) is 6.76. The van der Waals surface area contributed by atoms with Gasteiger partial charge in [-0.3, -0.25) is 9.59 Å². The molecular weight excluding hydrogens is 328 g/mol. The van der Waals surface area contributed by atoms with Crippen molar-refractivity contribution in [1.29, 1.82) is 0 Å². The Morgan fingerprint density at radius 1 is 1.30 bits per heavy atom. The van der Waals surface area contributed by atoms with Gasteiger partial charge in [0.15, 0.2) is 0 Å². The van der Waals surface area contributed by atoms with Gasteiger partial charge < -0.3 is 10.6 Å². The molecule has 2 aromatic rings. The smallest absolute Gasteiger partial charge is 0.251 e. The maximum Gasteiger partial charge on any atom is 0.251 e. The summed E-state index contributed by atoms with van der Waals surface area (Å²) in [4.78, 5) is 26.2. The predicted octanol–water partition coefficient (Wildman–Crippen LogP) is 3.92. The van der Waals surface area contributed by atoms with Gasteiger partial charge in [-0.2, -0.15) is 0 Å². The number of carbonyl (C=O) groups is 2. The van der Waals surface area contributed by atoms with Gasteiger partial charge in [-0.15, -0.1) is 23.1 Å². The number of fused-ring (bicyclic) bond motifs is 1. The summed E-state index contributed by atoms with van der Waals surface area (Å²) in [6.07, 6.45) is 0. The van der Waals surface area contributed by atoms with E-state index in [1.54, 1.807) is 17.4 Å². The van der Waals surface area contributed by atoms with Gasteiger partial charge in [-0.1, -0.05) is 19.9 Å². The first-order valence-corrected chi connectivity index (χ1v) is 9.32. The SMILES string of the molecule is CC(C)[C@H](NC(=O)c1ccc2c(c1)NC(=O)CS2)c1cccs1. The number of thioether (sulfide) groups is 1. The highest BCUT2D eigenvalue weighted by Gasteiger charge is 2.22. The molecule has 0 saturated carbocycles. The third-order valence-corrected chi connectivity index (χ3v) is 5.71. The van der Waals surface area contributed by atoms with Crippen molar-refractivity contribution in [3.63, 3.8) is 0 Å². The first-order chi connectivity index (χ1) is 11.0. The molecule has 1 aromatic carbocycles. The van der Waals surface area contributed by atoms with E-state index < -0.39 is 0 Å². The summed E-state index contributed by atoms with van der Waals surface area (Å²) < 4.78 is 0. The molecule has 3 rings (SSSR count). The Morgan fingerprint density at radius 2 is 2.13 bits per heavy atom. The number of benzene rings is 1. The fraction of sp³-hybridized carbons (Fsp3) is 0.294. The number of nitrogens with one attached hydrogen (secondary N) is 2. The third kappa shape index (κ3) is 3.59. The van der Waals surface area contributed by atoms with Crippen LogP contribution in [0.4, 0.5) is 5.69 Å². The number of carbonyl (C=O) groups excluding carboxylic acids is 2. The van der Waals surface area contributed by atoms with Crippen molar-refractivity contribution in [3.05, 3.63) is 46.2 Å². The Balaban J connectivity index is 1.80. The number of hydrogen-bond donors (Lipinski definition) is 2. The van der Waals surface area contributed by atoms with E-state index in [4.69, 9.17) is 0 Å². The van der Waals surface area contributed by atoms with E-state index in [9.17, 15) is 9.59 Å². The van der Waals surface area contributed by atoms with Crippen LogP contribution in [0, 0.1) is 5.92 Å². The number of rotatable bonds is 4. The zero-order valence-corrected chi connectivity index (χ0v) is 14.6. The monoisotopic (exact) mass is 346 g/mol. The summed E-state index contributed by atoms with van der Waals surface area (Å²) in [5.74, 6) is 0.570. The summed E-state index contributed by atoms with van der Waals surface area (Å²) in [7, 11) is 0. The van der Waals surface area contributed by atoms with E-state index in [1.165, 1.54) is 11.8 Å². The average Bonchev–Trinajstić information content (AvgIpc) is 3.05. The highest BCUT2D eigenvalue weighted by molar-refractivity contribution is 8.00. The lowest BCUT2D eigenvalue weighted by atomic mass is 10.0. The van der Waals surface area contributed by atoms with Gasteiger partial charge in [0, 0.05) is 15.3 Å². The van der Waals surface area contributed by atoms with Crippen molar-refractivity contribution in [1.82, 2.24) is 5.32 Å². The molecule has 2 heterocycles. The van der Waals surface area contributed by atoms with Crippen LogP contribution >= 0.6 is 23.1 Å². The van der Waals surface area contributed by atoms with Gasteiger partial charge in [0.05, 0.1) is 17.5 Å². The van der Waals surface area contributed by atoms with Crippen LogP contribution in [-0.4, -0.2) is 17.6 Å². The summed E-state index contributed by atoms with van der Waals surface area (Å²) in [5.41, 5.74) is 1.28.